The van der Waals surface area contributed by atoms with E-state index in [2.05, 4.69) is 25.6 Å². The molecule has 2 aromatic rings. The number of amides is 2. The summed E-state index contributed by atoms with van der Waals surface area (Å²) in [5.74, 6) is 0.789. The molecule has 1 fully saturated rings. The minimum Gasteiger partial charge on any atom is -0.453 e. The van der Waals surface area contributed by atoms with Crippen molar-refractivity contribution >= 4 is 29.5 Å². The molecular weight excluding hydrogens is 336 g/mol. The molecule has 2 aromatic heterocycles. The van der Waals surface area contributed by atoms with Gasteiger partial charge in [0, 0.05) is 32.4 Å². The molecule has 1 atom stereocenters. The Labute approximate surface area is 152 Å². The summed E-state index contributed by atoms with van der Waals surface area (Å²) in [5.41, 5.74) is 1.71. The molecule has 0 radical (unpaired) electrons. The molecule has 0 bridgehead atoms. The number of carbonyl (C=O) groups excluding carboxylic acids is 2. The molecule has 9 nitrogen and oxygen atoms in total. The SMILES string of the molecule is CNc1cnc2[nH]ccc2n1.COC(=O)N1CCCCC1CCNC=O. The van der Waals surface area contributed by atoms with Crippen molar-refractivity contribution in [1.29, 1.82) is 0 Å². The van der Waals surface area contributed by atoms with Crippen LogP contribution < -0.4 is 10.6 Å². The monoisotopic (exact) mass is 362 g/mol. The number of rotatable bonds is 5. The van der Waals surface area contributed by atoms with Gasteiger partial charge in [0.2, 0.25) is 6.41 Å². The Morgan fingerprint density at radius 2 is 2.35 bits per heavy atom. The van der Waals surface area contributed by atoms with Crippen LogP contribution >= 0.6 is 0 Å². The number of likely N-dealkylation sites (tertiary alicyclic amines) is 1. The predicted molar refractivity (Wildman–Crippen MR) is 98.9 cm³/mol. The molecule has 3 heterocycles. The smallest absolute Gasteiger partial charge is 0.409 e. The third kappa shape index (κ3) is 5.33. The first-order valence-electron chi connectivity index (χ1n) is 8.69. The number of aromatic nitrogens is 3. The highest BCUT2D eigenvalue weighted by atomic mass is 16.5. The zero-order chi connectivity index (χ0) is 18.8. The molecule has 142 valence electrons. The van der Waals surface area contributed by atoms with Crippen molar-refractivity contribution in [2.24, 2.45) is 0 Å². The van der Waals surface area contributed by atoms with E-state index in [0.717, 1.165) is 49.2 Å². The molecule has 0 spiro atoms. The number of anilines is 1. The van der Waals surface area contributed by atoms with Gasteiger partial charge in [-0.15, -0.1) is 0 Å². The molecule has 1 aliphatic rings. The minimum absolute atomic E-state index is 0.207. The molecule has 1 saturated heterocycles. The fraction of sp³-hybridized carbons (Fsp3) is 0.529. The summed E-state index contributed by atoms with van der Waals surface area (Å²) >= 11 is 0. The molecule has 0 aliphatic carbocycles. The van der Waals surface area contributed by atoms with E-state index in [4.69, 9.17) is 4.74 Å². The summed E-state index contributed by atoms with van der Waals surface area (Å²) in [7, 11) is 3.22. The highest BCUT2D eigenvalue weighted by Gasteiger charge is 2.26. The Morgan fingerprint density at radius 3 is 3.08 bits per heavy atom. The topological polar surface area (TPSA) is 112 Å². The fourth-order valence-electron chi connectivity index (χ4n) is 2.92. The van der Waals surface area contributed by atoms with Crippen LogP contribution in [0.25, 0.3) is 11.2 Å². The normalized spacial score (nSPS) is 16.4. The number of hydrogen-bond acceptors (Lipinski definition) is 6. The van der Waals surface area contributed by atoms with Gasteiger partial charge in [0.1, 0.15) is 11.3 Å². The highest BCUT2D eigenvalue weighted by Crippen LogP contribution is 2.19. The number of nitrogens with one attached hydrogen (secondary N) is 3. The Hall–Kier alpha value is -2.84. The number of methoxy groups -OCH3 is 1. The highest BCUT2D eigenvalue weighted by molar-refractivity contribution is 5.71. The number of ether oxygens (including phenoxy) is 1. The van der Waals surface area contributed by atoms with Crippen LogP contribution in [0.5, 0.6) is 0 Å². The first-order valence-corrected chi connectivity index (χ1v) is 8.69. The Kier molecular flexibility index (Phi) is 7.66. The van der Waals surface area contributed by atoms with Crippen LogP contribution in [0.4, 0.5) is 10.6 Å². The van der Waals surface area contributed by atoms with E-state index in [9.17, 15) is 9.59 Å². The second-order valence-corrected chi connectivity index (χ2v) is 5.89. The molecule has 3 rings (SSSR count). The maximum atomic E-state index is 11.4. The standard InChI is InChI=1S/C10H18N2O3.C7H8N4/c1-15-10(14)12-7-3-2-4-9(12)5-6-11-8-13;1-8-6-4-10-7-5(11-6)2-3-9-7/h8-9H,2-7H2,1H3,(H,11,13);2-4H,1H3,(H,8,11)(H,9,10). The summed E-state index contributed by atoms with van der Waals surface area (Å²) in [6.45, 7) is 1.38. The minimum atomic E-state index is -0.259. The lowest BCUT2D eigenvalue weighted by Crippen LogP contribution is -2.44. The number of nitrogens with zero attached hydrogens (tertiary/aromatic N) is 3. The van der Waals surface area contributed by atoms with E-state index in [1.165, 1.54) is 7.11 Å². The van der Waals surface area contributed by atoms with Crippen molar-refractivity contribution in [2.75, 3.05) is 32.6 Å². The Morgan fingerprint density at radius 1 is 1.50 bits per heavy atom. The first-order chi connectivity index (χ1) is 12.7. The Bertz CT molecular complexity index is 705. The molecular formula is C17H26N6O3. The summed E-state index contributed by atoms with van der Waals surface area (Å²) in [6, 6.07) is 2.10. The number of carbonyl (C=O) groups is 2. The van der Waals surface area contributed by atoms with Crippen LogP contribution in [0.15, 0.2) is 18.5 Å². The zero-order valence-electron chi connectivity index (χ0n) is 15.2. The Balaban J connectivity index is 0.000000195. The zero-order valence-corrected chi connectivity index (χ0v) is 15.2. The largest absolute Gasteiger partial charge is 0.453 e. The lowest BCUT2D eigenvalue weighted by molar-refractivity contribution is -0.109. The number of aromatic amines is 1. The third-order valence-electron chi connectivity index (χ3n) is 4.26. The van der Waals surface area contributed by atoms with Crippen LogP contribution in [0.3, 0.4) is 0 Å². The number of hydrogen-bond donors (Lipinski definition) is 3. The second-order valence-electron chi connectivity index (χ2n) is 5.89. The van der Waals surface area contributed by atoms with Gasteiger partial charge in [0.15, 0.2) is 5.65 Å². The number of piperidine rings is 1. The van der Waals surface area contributed by atoms with Crippen LogP contribution in [0.2, 0.25) is 0 Å². The summed E-state index contributed by atoms with van der Waals surface area (Å²) in [5, 5.41) is 5.54. The van der Waals surface area contributed by atoms with Gasteiger partial charge < -0.3 is 25.3 Å². The molecule has 0 aromatic carbocycles. The van der Waals surface area contributed by atoms with Gasteiger partial charge in [-0.3, -0.25) is 4.79 Å². The van der Waals surface area contributed by atoms with Gasteiger partial charge in [-0.1, -0.05) is 0 Å². The van der Waals surface area contributed by atoms with Crippen molar-refractivity contribution in [3.8, 4) is 0 Å². The summed E-state index contributed by atoms with van der Waals surface area (Å²) in [6.07, 6.45) is 7.91. The van der Waals surface area contributed by atoms with Gasteiger partial charge in [-0.05, 0) is 31.7 Å². The van der Waals surface area contributed by atoms with E-state index in [1.54, 1.807) is 11.1 Å². The second kappa shape index (κ2) is 10.2. The van der Waals surface area contributed by atoms with Crippen LogP contribution in [0.1, 0.15) is 25.7 Å². The quantitative estimate of drug-likeness (QED) is 0.552. The lowest BCUT2D eigenvalue weighted by atomic mass is 10.00. The van der Waals surface area contributed by atoms with Gasteiger partial charge in [-0.2, -0.15) is 0 Å². The van der Waals surface area contributed by atoms with Crippen LogP contribution in [-0.4, -0.2) is 65.6 Å². The molecule has 1 aliphatic heterocycles. The van der Waals surface area contributed by atoms with Crippen molar-refractivity contribution < 1.29 is 14.3 Å². The summed E-state index contributed by atoms with van der Waals surface area (Å²) < 4.78 is 4.72. The van der Waals surface area contributed by atoms with Crippen molar-refractivity contribution in [1.82, 2.24) is 25.2 Å². The first kappa shape index (κ1) is 19.5. The average molecular weight is 362 g/mol. The maximum Gasteiger partial charge on any atom is 0.409 e. The lowest BCUT2D eigenvalue weighted by Gasteiger charge is -2.34. The van der Waals surface area contributed by atoms with Gasteiger partial charge in [0.05, 0.1) is 13.3 Å². The van der Waals surface area contributed by atoms with Gasteiger partial charge in [-0.25, -0.2) is 14.8 Å². The van der Waals surface area contributed by atoms with E-state index in [1.807, 2.05) is 19.3 Å². The van der Waals surface area contributed by atoms with Crippen LogP contribution in [-0.2, 0) is 9.53 Å². The maximum absolute atomic E-state index is 11.4. The average Bonchev–Trinajstić information content (AvgIpc) is 3.16. The molecule has 3 N–H and O–H groups in total. The molecule has 26 heavy (non-hydrogen) atoms. The molecule has 2 amide bonds. The van der Waals surface area contributed by atoms with Gasteiger partial charge >= 0.3 is 6.09 Å². The van der Waals surface area contributed by atoms with Gasteiger partial charge in [0.25, 0.3) is 0 Å². The molecule has 1 unspecified atom stereocenters. The number of fused-ring (bicyclic) bond motifs is 1. The van der Waals surface area contributed by atoms with E-state index in [0.29, 0.717) is 13.0 Å². The van der Waals surface area contributed by atoms with E-state index >= 15 is 0 Å². The predicted octanol–water partition coefficient (Wildman–Crippen LogP) is 1.74. The van der Waals surface area contributed by atoms with Crippen molar-refractivity contribution in [2.45, 2.75) is 31.7 Å². The van der Waals surface area contributed by atoms with E-state index in [-0.39, 0.29) is 12.1 Å². The fourth-order valence-corrected chi connectivity index (χ4v) is 2.92. The van der Waals surface area contributed by atoms with Crippen LogP contribution in [0, 0.1) is 0 Å². The third-order valence-corrected chi connectivity index (χ3v) is 4.26. The van der Waals surface area contributed by atoms with Crippen molar-refractivity contribution in [3.05, 3.63) is 18.5 Å². The number of H-pyrrole nitrogens is 1. The summed E-state index contributed by atoms with van der Waals surface area (Å²) in [4.78, 5) is 34.6. The molecule has 0 saturated carbocycles. The van der Waals surface area contributed by atoms with Crippen molar-refractivity contribution in [3.63, 3.8) is 0 Å². The van der Waals surface area contributed by atoms with E-state index < -0.39 is 0 Å². The molecule has 9 heteroatoms.